The predicted octanol–water partition coefficient (Wildman–Crippen LogP) is 1.67. The van der Waals surface area contributed by atoms with E-state index in [1.807, 2.05) is 11.6 Å². The molecular weight excluding hydrogens is 313 g/mol. The molecule has 2 heterocycles. The minimum absolute atomic E-state index is 0. The van der Waals surface area contributed by atoms with Crippen molar-refractivity contribution in [3.8, 4) is 0 Å². The highest BCUT2D eigenvalue weighted by atomic mass is 35.5. The van der Waals surface area contributed by atoms with Crippen LogP contribution in [0.5, 0.6) is 0 Å². The first-order chi connectivity index (χ1) is 9.13. The van der Waals surface area contributed by atoms with Gasteiger partial charge in [0.2, 0.25) is 0 Å². The van der Waals surface area contributed by atoms with E-state index in [0.29, 0.717) is 30.9 Å². The molecule has 2 aromatic rings. The summed E-state index contributed by atoms with van der Waals surface area (Å²) >= 11 is 0. The number of aromatic nitrogens is 3. The average Bonchev–Trinajstić information content (AvgIpc) is 2.76. The van der Waals surface area contributed by atoms with E-state index >= 15 is 0 Å². The summed E-state index contributed by atoms with van der Waals surface area (Å²) in [5, 5.41) is 4.28. The van der Waals surface area contributed by atoms with Gasteiger partial charge >= 0.3 is 0 Å². The van der Waals surface area contributed by atoms with Crippen molar-refractivity contribution >= 4 is 36.4 Å². The monoisotopic (exact) mass is 329 g/mol. The van der Waals surface area contributed by atoms with E-state index in [1.165, 1.54) is 0 Å². The van der Waals surface area contributed by atoms with Crippen LogP contribution in [-0.2, 0) is 13.1 Å². The first-order valence-electron chi connectivity index (χ1n) is 6.18. The number of nitrogen functional groups attached to an aromatic ring is 1. The number of hydrogen-bond acceptors (Lipinski definition) is 4. The van der Waals surface area contributed by atoms with Crippen LogP contribution >= 0.6 is 24.8 Å². The number of hydrogen-bond donors (Lipinski definition) is 1. The van der Waals surface area contributed by atoms with Crippen molar-refractivity contribution in [1.82, 2.24) is 19.7 Å². The summed E-state index contributed by atoms with van der Waals surface area (Å²) in [6.07, 6.45) is 0. The summed E-state index contributed by atoms with van der Waals surface area (Å²) in [5.74, 6) is 1.56. The van der Waals surface area contributed by atoms with Gasteiger partial charge in [-0.2, -0.15) is 5.10 Å². The summed E-state index contributed by atoms with van der Waals surface area (Å²) in [6.45, 7) is 3.68. The summed E-state index contributed by atoms with van der Waals surface area (Å²) in [6, 6.07) is 7.04. The molecule has 1 aromatic heterocycles. The SMILES string of the molecule is Cc1nc2n(n1)CCN(C(=O)c1cccc(N)c1)C2.Cl.Cl. The molecule has 0 atom stereocenters. The van der Waals surface area contributed by atoms with Crippen molar-refractivity contribution in [1.29, 1.82) is 0 Å². The van der Waals surface area contributed by atoms with Crippen molar-refractivity contribution in [2.24, 2.45) is 0 Å². The molecule has 1 amide bonds. The highest BCUT2D eigenvalue weighted by Crippen LogP contribution is 2.15. The first kappa shape index (κ1) is 17.3. The third-order valence-electron chi connectivity index (χ3n) is 3.19. The van der Waals surface area contributed by atoms with Crippen molar-refractivity contribution in [3.63, 3.8) is 0 Å². The van der Waals surface area contributed by atoms with Crippen LogP contribution in [0, 0.1) is 6.92 Å². The third kappa shape index (κ3) is 3.46. The Kier molecular flexibility index (Phi) is 5.57. The molecule has 0 saturated carbocycles. The number of nitrogens with two attached hydrogens (primary N) is 1. The second-order valence-corrected chi connectivity index (χ2v) is 4.65. The Labute approximate surface area is 135 Å². The van der Waals surface area contributed by atoms with Crippen LogP contribution in [0.3, 0.4) is 0 Å². The summed E-state index contributed by atoms with van der Waals surface area (Å²) in [5.41, 5.74) is 6.92. The van der Waals surface area contributed by atoms with Crippen LogP contribution in [0.4, 0.5) is 5.69 Å². The molecule has 0 aliphatic carbocycles. The van der Waals surface area contributed by atoms with Gasteiger partial charge in [-0.05, 0) is 25.1 Å². The quantitative estimate of drug-likeness (QED) is 0.807. The Morgan fingerprint density at radius 3 is 2.76 bits per heavy atom. The number of anilines is 1. The molecule has 0 spiro atoms. The number of rotatable bonds is 1. The largest absolute Gasteiger partial charge is 0.399 e. The zero-order chi connectivity index (χ0) is 13.4. The number of fused-ring (bicyclic) bond motifs is 1. The molecule has 8 heteroatoms. The standard InChI is InChI=1S/C13H15N5O.2ClH/c1-9-15-12-8-17(5-6-18(12)16-9)13(19)10-3-2-4-11(14)7-10;;/h2-4,7H,5-6,8,14H2,1H3;2*1H. The van der Waals surface area contributed by atoms with Gasteiger partial charge < -0.3 is 10.6 Å². The number of nitrogens with zero attached hydrogens (tertiary/aromatic N) is 4. The number of carbonyl (C=O) groups is 1. The van der Waals surface area contributed by atoms with E-state index in [0.717, 1.165) is 11.6 Å². The zero-order valence-electron chi connectivity index (χ0n) is 11.5. The summed E-state index contributed by atoms with van der Waals surface area (Å²) in [4.78, 5) is 18.5. The lowest BCUT2D eigenvalue weighted by atomic mass is 10.1. The Balaban J connectivity index is 0.00000110. The predicted molar refractivity (Wildman–Crippen MR) is 84.8 cm³/mol. The number of halogens is 2. The zero-order valence-corrected chi connectivity index (χ0v) is 13.2. The highest BCUT2D eigenvalue weighted by molar-refractivity contribution is 5.95. The molecule has 0 fully saturated rings. The first-order valence-corrected chi connectivity index (χ1v) is 6.18. The number of amides is 1. The van der Waals surface area contributed by atoms with Crippen LogP contribution in [0.2, 0.25) is 0 Å². The Bertz CT molecular complexity index is 643. The Morgan fingerprint density at radius 2 is 2.05 bits per heavy atom. The summed E-state index contributed by atoms with van der Waals surface area (Å²) < 4.78 is 1.86. The second kappa shape index (κ2) is 6.78. The fourth-order valence-electron chi connectivity index (χ4n) is 2.29. The molecule has 1 aliphatic heterocycles. The molecular formula is C13H17Cl2N5O. The maximum atomic E-state index is 12.4. The molecule has 6 nitrogen and oxygen atoms in total. The third-order valence-corrected chi connectivity index (χ3v) is 3.19. The van der Waals surface area contributed by atoms with Gasteiger partial charge in [-0.1, -0.05) is 6.07 Å². The van der Waals surface area contributed by atoms with Crippen LogP contribution in [0.1, 0.15) is 22.0 Å². The minimum atomic E-state index is -0.0146. The minimum Gasteiger partial charge on any atom is -0.399 e. The molecule has 1 aromatic carbocycles. The van der Waals surface area contributed by atoms with Crippen LogP contribution in [-0.4, -0.2) is 32.1 Å². The normalized spacial score (nSPS) is 12.9. The molecule has 0 radical (unpaired) electrons. The van der Waals surface area contributed by atoms with Gasteiger partial charge in [-0.25, -0.2) is 9.67 Å². The van der Waals surface area contributed by atoms with E-state index in [2.05, 4.69) is 10.1 Å². The Hall–Kier alpha value is -1.79. The molecule has 2 N–H and O–H groups in total. The van der Waals surface area contributed by atoms with Gasteiger partial charge in [0, 0.05) is 17.8 Å². The summed E-state index contributed by atoms with van der Waals surface area (Å²) in [7, 11) is 0. The van der Waals surface area contributed by atoms with E-state index in [4.69, 9.17) is 5.73 Å². The molecule has 0 saturated heterocycles. The molecule has 21 heavy (non-hydrogen) atoms. The van der Waals surface area contributed by atoms with E-state index in [9.17, 15) is 4.79 Å². The Morgan fingerprint density at radius 1 is 1.29 bits per heavy atom. The van der Waals surface area contributed by atoms with E-state index < -0.39 is 0 Å². The van der Waals surface area contributed by atoms with Gasteiger partial charge in [0.05, 0.1) is 13.1 Å². The lowest BCUT2D eigenvalue weighted by molar-refractivity contribution is 0.0702. The number of carbonyl (C=O) groups excluding carboxylic acids is 1. The lowest BCUT2D eigenvalue weighted by Gasteiger charge is -2.26. The molecule has 3 rings (SSSR count). The maximum absolute atomic E-state index is 12.4. The lowest BCUT2D eigenvalue weighted by Crippen LogP contribution is -2.38. The fourth-order valence-corrected chi connectivity index (χ4v) is 2.29. The van der Waals surface area contributed by atoms with Gasteiger partial charge in [0.1, 0.15) is 11.6 Å². The molecule has 114 valence electrons. The average molecular weight is 330 g/mol. The van der Waals surface area contributed by atoms with E-state index in [1.54, 1.807) is 29.2 Å². The number of benzene rings is 1. The maximum Gasteiger partial charge on any atom is 0.254 e. The van der Waals surface area contributed by atoms with E-state index in [-0.39, 0.29) is 30.7 Å². The smallest absolute Gasteiger partial charge is 0.254 e. The van der Waals surface area contributed by atoms with Gasteiger partial charge in [0.25, 0.3) is 5.91 Å². The van der Waals surface area contributed by atoms with Crippen molar-refractivity contribution in [2.75, 3.05) is 12.3 Å². The second-order valence-electron chi connectivity index (χ2n) is 4.65. The molecule has 0 bridgehead atoms. The van der Waals surface area contributed by atoms with Crippen LogP contribution in [0.15, 0.2) is 24.3 Å². The van der Waals surface area contributed by atoms with Crippen molar-refractivity contribution in [2.45, 2.75) is 20.0 Å². The topological polar surface area (TPSA) is 77.0 Å². The van der Waals surface area contributed by atoms with Gasteiger partial charge in [-0.15, -0.1) is 24.8 Å². The molecule has 0 unspecified atom stereocenters. The van der Waals surface area contributed by atoms with Crippen molar-refractivity contribution in [3.05, 3.63) is 41.5 Å². The van der Waals surface area contributed by atoms with Gasteiger partial charge in [-0.3, -0.25) is 4.79 Å². The van der Waals surface area contributed by atoms with Crippen LogP contribution < -0.4 is 5.73 Å². The number of aryl methyl sites for hydroxylation is 1. The molecule has 1 aliphatic rings. The van der Waals surface area contributed by atoms with Gasteiger partial charge in [0.15, 0.2) is 0 Å². The fraction of sp³-hybridized carbons (Fsp3) is 0.308. The van der Waals surface area contributed by atoms with Crippen molar-refractivity contribution < 1.29 is 4.79 Å². The highest BCUT2D eigenvalue weighted by Gasteiger charge is 2.23. The van der Waals surface area contributed by atoms with Crippen LogP contribution in [0.25, 0.3) is 0 Å².